The van der Waals surface area contributed by atoms with Gasteiger partial charge in [0.05, 0.1) is 56.6 Å². The van der Waals surface area contributed by atoms with Crippen LogP contribution in [0.4, 0.5) is 4.79 Å². The van der Waals surface area contributed by atoms with Crippen LogP contribution >= 0.6 is 0 Å². The first kappa shape index (κ1) is 109. The molecule has 0 aromatic carbocycles. The Labute approximate surface area is 726 Å². The zero-order valence-corrected chi connectivity index (χ0v) is 79.2. The van der Waals surface area contributed by atoms with Crippen LogP contribution in [-0.4, -0.2) is 348 Å². The van der Waals surface area contributed by atoms with E-state index in [1.54, 1.807) is 75.1 Å². The zero-order chi connectivity index (χ0) is 90.8. The van der Waals surface area contributed by atoms with Gasteiger partial charge in [0.15, 0.2) is 6.39 Å². The standard InChI is InChI=1S/C11H18N2.C10H20N2O2.C10H20N2O.C9H16N2.C8H14N2O2.2C7H13NO2.C6H10N2.C6H11NO2.C6H13NO.C5H9NO.C4H5NO/c1-10-7-12-13(8-10)9-11-5-3-2-4-6-11;1-10(2,3)14-9(13)12-7-5-11(4)6-8-12;1-10(2,3)9(13)12-7-5-11(4)6-8-12;1-8-5-10-11(6-8)7-9(2,3)4;1-6(11)10-4-7(5-10)8(12)9(2)3;1-6(10)8-4-7(5-8)2-3-9;1-10-6-5-8-4-2-3-7(8)9;1-3-8-5-6(2)4-7-8;1-9-4-5-2-3-6(8)7-5;1-8-6-5-7-3-2-4-7;1-5(7)6-3-2-4-6;1-4-2-5-3-6-4/h7-8,11H,2-6,9H2,1H3;5-8H2,1-4H3;5-8H2,1-4H3;5-6H,7H2,1-4H3;7H,4-5H2,1-3H3;7,9H,2-5H2,1H3;2-6H2,1H3;4-5H,3H2,1-2H3;5H,2-4H2,1H3,(H,7,8);2-6H2,1H3;2-4H2,1H3;2-3H,1H3. The van der Waals surface area contributed by atoms with Crippen LogP contribution in [0.5, 0.6) is 0 Å². The highest BCUT2D eigenvalue weighted by molar-refractivity contribution is 5.83. The molecule has 1 saturated carbocycles. The number of aliphatic hydroxyl groups is 1. The van der Waals surface area contributed by atoms with Crippen LogP contribution in [0.3, 0.4) is 0 Å². The van der Waals surface area contributed by atoms with Crippen LogP contribution in [0.2, 0.25) is 0 Å². The van der Waals surface area contributed by atoms with Gasteiger partial charge in [-0.15, -0.1) is 0 Å². The molecule has 8 aliphatic heterocycles. The van der Waals surface area contributed by atoms with E-state index in [0.717, 1.165) is 162 Å². The molecule has 9 aliphatic rings. The molecule has 4 aromatic heterocycles. The zero-order valence-electron chi connectivity index (χ0n) is 79.2. The van der Waals surface area contributed by atoms with Gasteiger partial charge in [-0.3, -0.25) is 47.6 Å². The molecule has 121 heavy (non-hydrogen) atoms. The molecule has 9 fully saturated rings. The van der Waals surface area contributed by atoms with Crippen LogP contribution in [0, 0.1) is 56.3 Å². The highest BCUT2D eigenvalue weighted by atomic mass is 16.6. The fraction of sp³-hybridized carbons (Fsp3) is 0.775. The van der Waals surface area contributed by atoms with Gasteiger partial charge in [0.2, 0.25) is 41.4 Å². The average molecular weight is 1710 g/mol. The Bertz CT molecular complexity index is 3470. The fourth-order valence-corrected chi connectivity index (χ4v) is 13.0. The number of amides is 8. The van der Waals surface area contributed by atoms with Gasteiger partial charge in [-0.2, -0.15) is 15.3 Å². The van der Waals surface area contributed by atoms with E-state index in [0.29, 0.717) is 44.1 Å². The van der Waals surface area contributed by atoms with Crippen LogP contribution in [0.1, 0.15) is 190 Å². The molecule has 1 atom stereocenters. The number of likely N-dealkylation sites (N-methyl/N-ethyl adjacent to an activating group) is 2. The number of likely N-dealkylation sites (tertiary alicyclic amines) is 5. The van der Waals surface area contributed by atoms with Gasteiger partial charge < -0.3 is 82.8 Å². The molecular weight excluding hydrogens is 1550 g/mol. The number of carbonyl (C=O) groups is 8. The maximum Gasteiger partial charge on any atom is 0.410 e. The summed E-state index contributed by atoms with van der Waals surface area (Å²) < 4.78 is 30.6. The van der Waals surface area contributed by atoms with Crippen LogP contribution in [-0.2, 0) is 72.1 Å². The Kier molecular flexibility index (Phi) is 53.3. The predicted molar refractivity (Wildman–Crippen MR) is 475 cm³/mol. The lowest BCUT2D eigenvalue weighted by molar-refractivity contribution is -0.146. The number of carbonyl (C=O) groups excluding carboxylic acids is 8. The van der Waals surface area contributed by atoms with Gasteiger partial charge in [-0.1, -0.05) is 60.8 Å². The first-order valence-corrected chi connectivity index (χ1v) is 43.8. The molecule has 0 bridgehead atoms. The van der Waals surface area contributed by atoms with E-state index in [9.17, 15) is 38.4 Å². The van der Waals surface area contributed by atoms with Crippen molar-refractivity contribution in [3.8, 4) is 0 Å². The maximum absolute atomic E-state index is 11.8. The third-order valence-corrected chi connectivity index (χ3v) is 20.7. The Balaban J connectivity index is 0.000000450. The molecule has 2 N–H and O–H groups in total. The Morgan fingerprint density at radius 1 is 0.562 bits per heavy atom. The minimum absolute atomic E-state index is 0.0314. The monoisotopic (exact) mass is 1710 g/mol. The number of nitrogens with one attached hydrogen (secondary N) is 1. The topological polar surface area (TPSA) is 318 Å². The van der Waals surface area contributed by atoms with Crippen molar-refractivity contribution in [2.75, 3.05) is 200 Å². The van der Waals surface area contributed by atoms with E-state index in [2.05, 4.69) is 113 Å². The molecule has 4 aromatic rings. The fourth-order valence-electron chi connectivity index (χ4n) is 13.0. The van der Waals surface area contributed by atoms with Crippen molar-refractivity contribution < 1.29 is 66.8 Å². The third-order valence-electron chi connectivity index (χ3n) is 20.7. The lowest BCUT2D eigenvalue weighted by Crippen LogP contribution is -2.54. The number of hydrogen-bond acceptors (Lipinski definition) is 21. The molecule has 1 aliphatic carbocycles. The molecule has 1 unspecified atom stereocenters. The van der Waals surface area contributed by atoms with Gasteiger partial charge in [-0.05, 0) is 161 Å². The van der Waals surface area contributed by atoms with Crippen molar-refractivity contribution in [2.45, 2.75) is 226 Å². The normalized spacial score (nSPS) is 17.9. The summed E-state index contributed by atoms with van der Waals surface area (Å²) >= 11 is 0. The largest absolute Gasteiger partial charge is 0.449 e. The van der Waals surface area contributed by atoms with Crippen molar-refractivity contribution in [1.29, 1.82) is 0 Å². The second kappa shape index (κ2) is 59.0. The van der Waals surface area contributed by atoms with Gasteiger partial charge in [0, 0.05) is 231 Å². The summed E-state index contributed by atoms with van der Waals surface area (Å²) in [5.41, 5.74) is 3.44. The Morgan fingerprint density at radius 3 is 1.41 bits per heavy atom. The summed E-state index contributed by atoms with van der Waals surface area (Å²) in [6.07, 6.45) is 28.7. The molecule has 8 saturated heterocycles. The van der Waals surface area contributed by atoms with E-state index in [-0.39, 0.29) is 77.0 Å². The smallest absolute Gasteiger partial charge is 0.410 e. The molecule has 32 heteroatoms. The predicted octanol–water partition coefficient (Wildman–Crippen LogP) is 9.32. The van der Waals surface area contributed by atoms with E-state index < -0.39 is 0 Å². The van der Waals surface area contributed by atoms with Crippen molar-refractivity contribution in [1.82, 2.24) is 88.6 Å². The third kappa shape index (κ3) is 49.9. The number of oxazole rings is 1. The summed E-state index contributed by atoms with van der Waals surface area (Å²) in [7, 11) is 12.7. The lowest BCUT2D eigenvalue weighted by atomic mass is 9.89. The number of hydrogen-bond donors (Lipinski definition) is 2. The summed E-state index contributed by atoms with van der Waals surface area (Å²) in [5.74, 6) is 3.56. The van der Waals surface area contributed by atoms with E-state index >= 15 is 0 Å². The highest BCUT2D eigenvalue weighted by Crippen LogP contribution is 2.26. The molecular formula is C89H162N18O14. The van der Waals surface area contributed by atoms with Crippen LogP contribution in [0.25, 0.3) is 0 Å². The number of rotatable bonds is 15. The van der Waals surface area contributed by atoms with Crippen molar-refractivity contribution in [3.05, 3.63) is 72.2 Å². The molecule has 32 nitrogen and oxygen atoms in total. The SMILES string of the molecule is CC(=O)N1CC(C(=O)N(C)C)C1.CC(=O)N1CC(CCO)C1.CC(=O)N1CCC1.CCn1cc(C)cn1.CN1CCN(C(=O)C(C)(C)C)CC1.CN1CCN(C(=O)OC(C)(C)C)CC1.COCC1CCC(=O)N1.COCCN1CCC1.COCCN1CCCC1=O.Cc1cnco1.Cc1cnn(CC(C)(C)C)c1.Cc1cnn(CC2CCCCC2)c1. The summed E-state index contributed by atoms with van der Waals surface area (Å²) in [5, 5.41) is 23.9. The Morgan fingerprint density at radius 2 is 1.07 bits per heavy atom. The first-order chi connectivity index (χ1) is 57.0. The molecule has 13 rings (SSSR count). The van der Waals surface area contributed by atoms with Gasteiger partial charge in [-0.25, -0.2) is 9.78 Å². The minimum atomic E-state index is -0.388. The number of piperazine rings is 2. The van der Waals surface area contributed by atoms with Gasteiger partial charge in [0.25, 0.3) is 0 Å². The summed E-state index contributed by atoms with van der Waals surface area (Å²) in [6, 6.07) is 0.266. The second-order valence-corrected chi connectivity index (χ2v) is 36.1. The van der Waals surface area contributed by atoms with Crippen molar-refractivity contribution >= 4 is 47.4 Å². The number of ether oxygens (including phenoxy) is 4. The Hall–Kier alpha value is -7.88. The second-order valence-electron chi connectivity index (χ2n) is 36.1. The van der Waals surface area contributed by atoms with Crippen molar-refractivity contribution in [2.24, 2.45) is 28.6 Å². The molecule has 0 spiro atoms. The van der Waals surface area contributed by atoms with E-state index in [4.69, 9.17) is 28.5 Å². The van der Waals surface area contributed by atoms with E-state index in [1.807, 2.05) is 104 Å². The number of nitrogens with zero attached hydrogens (tertiary/aromatic N) is 17. The summed E-state index contributed by atoms with van der Waals surface area (Å²) in [4.78, 5) is 111. The first-order valence-electron chi connectivity index (χ1n) is 43.8. The minimum Gasteiger partial charge on any atom is -0.449 e. The van der Waals surface area contributed by atoms with Crippen molar-refractivity contribution in [3.63, 3.8) is 0 Å². The average Bonchev–Trinajstić information content (AvgIpc) is 1.49. The van der Waals surface area contributed by atoms with Crippen LogP contribution < -0.4 is 5.32 Å². The molecule has 12 heterocycles. The molecule has 692 valence electrons. The quantitative estimate of drug-likeness (QED) is 0.112. The van der Waals surface area contributed by atoms with E-state index in [1.165, 1.54) is 88.0 Å². The number of methoxy groups -OCH3 is 3. The van der Waals surface area contributed by atoms with Gasteiger partial charge >= 0.3 is 6.09 Å². The van der Waals surface area contributed by atoms with Gasteiger partial charge in [0.1, 0.15) is 11.4 Å². The summed E-state index contributed by atoms with van der Waals surface area (Å²) in [6.45, 7) is 56.0. The number of aryl methyl sites for hydroxylation is 5. The highest BCUT2D eigenvalue weighted by Gasteiger charge is 2.35. The number of aliphatic hydroxyl groups excluding tert-OH is 1. The maximum atomic E-state index is 11.8. The lowest BCUT2D eigenvalue weighted by Gasteiger charge is -2.38. The number of aromatic nitrogens is 7. The molecule has 8 amide bonds. The van der Waals surface area contributed by atoms with Crippen LogP contribution in [0.15, 0.2) is 54.2 Å². The molecule has 0 radical (unpaired) electrons.